The van der Waals surface area contributed by atoms with Gasteiger partial charge in [-0.2, -0.15) is 0 Å². The molecule has 0 radical (unpaired) electrons. The van der Waals surface area contributed by atoms with E-state index in [0.29, 0.717) is 6.54 Å². The molecule has 1 aliphatic rings. The first-order valence-corrected chi connectivity index (χ1v) is 6.50. The van der Waals surface area contributed by atoms with E-state index >= 15 is 0 Å². The highest BCUT2D eigenvalue weighted by Gasteiger charge is 2.30. The van der Waals surface area contributed by atoms with Gasteiger partial charge in [0, 0.05) is 12.7 Å². The minimum Gasteiger partial charge on any atom is -0.335 e. The summed E-state index contributed by atoms with van der Waals surface area (Å²) in [6.45, 7) is 6.27. The molecule has 1 aromatic heterocycles. The molecule has 5 nitrogen and oxygen atoms in total. The quantitative estimate of drug-likeness (QED) is 0.840. The molecule has 98 valence electrons. The van der Waals surface area contributed by atoms with Crippen molar-refractivity contribution in [3.05, 3.63) is 23.8 Å². The van der Waals surface area contributed by atoms with Gasteiger partial charge in [0.05, 0.1) is 30.2 Å². The van der Waals surface area contributed by atoms with Crippen LogP contribution in [0, 0.1) is 6.92 Å². The molecule has 2 heterocycles. The van der Waals surface area contributed by atoms with E-state index in [1.54, 1.807) is 12.4 Å². The molecular formula is C13H20N4O. The molecule has 1 aromatic rings. The fourth-order valence-corrected chi connectivity index (χ4v) is 2.10. The number of aromatic nitrogens is 2. The van der Waals surface area contributed by atoms with Gasteiger partial charge in [-0.15, -0.1) is 0 Å². The summed E-state index contributed by atoms with van der Waals surface area (Å²) in [5.74, 6) is 0.186. The number of nitrogens with zero attached hydrogens (tertiary/aromatic N) is 3. The third-order valence-electron chi connectivity index (χ3n) is 3.13. The molecule has 1 amide bonds. The molecule has 0 spiro atoms. The Kier molecular flexibility index (Phi) is 4.25. The molecule has 1 unspecified atom stereocenters. The highest BCUT2D eigenvalue weighted by Crippen LogP contribution is 2.13. The predicted molar refractivity (Wildman–Crippen MR) is 68.9 cm³/mol. The second-order valence-corrected chi connectivity index (χ2v) is 4.70. The summed E-state index contributed by atoms with van der Waals surface area (Å²) in [5.41, 5.74) is 1.75. The van der Waals surface area contributed by atoms with Gasteiger partial charge in [-0.05, 0) is 26.3 Å². The van der Waals surface area contributed by atoms with Crippen LogP contribution < -0.4 is 5.32 Å². The summed E-state index contributed by atoms with van der Waals surface area (Å²) < 4.78 is 0. The monoisotopic (exact) mass is 248 g/mol. The summed E-state index contributed by atoms with van der Waals surface area (Å²) in [5, 5.41) is 3.28. The first-order valence-electron chi connectivity index (χ1n) is 6.50. The lowest BCUT2D eigenvalue weighted by molar-refractivity contribution is -0.129. The number of carbonyl (C=O) groups is 1. The summed E-state index contributed by atoms with van der Waals surface area (Å²) in [4.78, 5) is 22.4. The van der Waals surface area contributed by atoms with Crippen molar-refractivity contribution in [1.82, 2.24) is 20.2 Å². The van der Waals surface area contributed by atoms with Crippen molar-refractivity contribution < 1.29 is 4.79 Å². The maximum absolute atomic E-state index is 12.1. The third-order valence-corrected chi connectivity index (χ3v) is 3.13. The lowest BCUT2D eigenvalue weighted by atomic mass is 10.2. The first-order chi connectivity index (χ1) is 8.70. The third kappa shape index (κ3) is 3.04. The highest BCUT2D eigenvalue weighted by atomic mass is 16.2. The van der Waals surface area contributed by atoms with Crippen LogP contribution in [-0.2, 0) is 11.3 Å². The molecule has 18 heavy (non-hydrogen) atoms. The van der Waals surface area contributed by atoms with Crippen molar-refractivity contribution in [3.63, 3.8) is 0 Å². The first kappa shape index (κ1) is 13.0. The average Bonchev–Trinajstić information content (AvgIpc) is 2.71. The Balaban J connectivity index is 1.91. The van der Waals surface area contributed by atoms with Crippen LogP contribution in [0.25, 0.3) is 0 Å². The number of hydrogen-bond donors (Lipinski definition) is 1. The lowest BCUT2D eigenvalue weighted by Gasteiger charge is -2.16. The second-order valence-electron chi connectivity index (χ2n) is 4.70. The SMILES string of the molecule is CCCNC1CCN(Cc2cnc(C)cn2)C1=O. The molecule has 1 N–H and O–H groups in total. The van der Waals surface area contributed by atoms with Crippen molar-refractivity contribution >= 4 is 5.91 Å². The molecule has 1 atom stereocenters. The maximum Gasteiger partial charge on any atom is 0.240 e. The molecule has 0 aliphatic carbocycles. The van der Waals surface area contributed by atoms with Crippen LogP contribution in [0.2, 0.25) is 0 Å². The molecule has 0 bridgehead atoms. The molecule has 5 heteroatoms. The lowest BCUT2D eigenvalue weighted by Crippen LogP contribution is -2.38. The smallest absolute Gasteiger partial charge is 0.240 e. The van der Waals surface area contributed by atoms with Gasteiger partial charge >= 0.3 is 0 Å². The second kappa shape index (κ2) is 5.91. The number of aryl methyl sites for hydroxylation is 1. The van der Waals surface area contributed by atoms with E-state index in [2.05, 4.69) is 22.2 Å². The number of hydrogen-bond acceptors (Lipinski definition) is 4. The zero-order valence-electron chi connectivity index (χ0n) is 11.0. The van der Waals surface area contributed by atoms with E-state index in [0.717, 1.165) is 37.3 Å². The molecule has 1 aliphatic heterocycles. The Hall–Kier alpha value is -1.49. The average molecular weight is 248 g/mol. The number of nitrogens with one attached hydrogen (secondary N) is 1. The predicted octanol–water partition coefficient (Wildman–Crippen LogP) is 0.886. The van der Waals surface area contributed by atoms with Gasteiger partial charge in [0.2, 0.25) is 5.91 Å². The van der Waals surface area contributed by atoms with Crippen LogP contribution in [0.5, 0.6) is 0 Å². The Labute approximate surface area is 108 Å². The van der Waals surface area contributed by atoms with Crippen LogP contribution in [0.15, 0.2) is 12.4 Å². The van der Waals surface area contributed by atoms with Crippen LogP contribution in [0.1, 0.15) is 31.2 Å². The summed E-state index contributed by atoms with van der Waals surface area (Å²) in [7, 11) is 0. The van der Waals surface area contributed by atoms with Crippen molar-refractivity contribution in [2.24, 2.45) is 0 Å². The van der Waals surface area contributed by atoms with Crippen molar-refractivity contribution in [3.8, 4) is 0 Å². The van der Waals surface area contributed by atoms with Gasteiger partial charge in [-0.25, -0.2) is 0 Å². The van der Waals surface area contributed by atoms with Crippen LogP contribution in [0.4, 0.5) is 0 Å². The number of rotatable bonds is 5. The number of amides is 1. The minimum absolute atomic E-state index is 0.0108. The molecule has 0 aromatic carbocycles. The summed E-state index contributed by atoms with van der Waals surface area (Å²) in [6.07, 6.45) is 5.42. The van der Waals surface area contributed by atoms with Gasteiger partial charge in [0.25, 0.3) is 0 Å². The van der Waals surface area contributed by atoms with Crippen molar-refractivity contribution in [2.75, 3.05) is 13.1 Å². The minimum atomic E-state index is -0.0108. The number of likely N-dealkylation sites (tertiary alicyclic amines) is 1. The molecule has 1 saturated heterocycles. The highest BCUT2D eigenvalue weighted by molar-refractivity contribution is 5.83. The van der Waals surface area contributed by atoms with Gasteiger partial charge < -0.3 is 10.2 Å². The number of carbonyl (C=O) groups excluding carboxylic acids is 1. The zero-order chi connectivity index (χ0) is 13.0. The van der Waals surface area contributed by atoms with E-state index in [1.165, 1.54) is 0 Å². The van der Waals surface area contributed by atoms with E-state index in [9.17, 15) is 4.79 Å². The Bertz CT molecular complexity index is 404. The van der Waals surface area contributed by atoms with Crippen molar-refractivity contribution in [1.29, 1.82) is 0 Å². The topological polar surface area (TPSA) is 58.1 Å². The largest absolute Gasteiger partial charge is 0.335 e. The van der Waals surface area contributed by atoms with Crippen LogP contribution in [0.3, 0.4) is 0 Å². The molecule has 1 fully saturated rings. The van der Waals surface area contributed by atoms with E-state index in [4.69, 9.17) is 0 Å². The van der Waals surface area contributed by atoms with Crippen LogP contribution >= 0.6 is 0 Å². The zero-order valence-corrected chi connectivity index (χ0v) is 11.0. The van der Waals surface area contributed by atoms with Gasteiger partial charge in [-0.1, -0.05) is 6.92 Å². The molecular weight excluding hydrogens is 228 g/mol. The Morgan fingerprint density at radius 1 is 1.44 bits per heavy atom. The standard InChI is InChI=1S/C13H20N4O/c1-3-5-14-12-4-6-17(13(12)18)9-11-8-15-10(2)7-16-11/h7-8,12,14H,3-6,9H2,1-2H3. The Morgan fingerprint density at radius 3 is 2.94 bits per heavy atom. The molecule has 2 rings (SSSR count). The van der Waals surface area contributed by atoms with Gasteiger partial charge in [0.1, 0.15) is 0 Å². The summed E-state index contributed by atoms with van der Waals surface area (Å²) >= 11 is 0. The van der Waals surface area contributed by atoms with E-state index in [1.807, 2.05) is 11.8 Å². The van der Waals surface area contributed by atoms with E-state index in [-0.39, 0.29) is 11.9 Å². The normalized spacial score (nSPS) is 19.6. The van der Waals surface area contributed by atoms with Gasteiger partial charge in [-0.3, -0.25) is 14.8 Å². The maximum atomic E-state index is 12.1. The fraction of sp³-hybridized carbons (Fsp3) is 0.615. The molecule has 0 saturated carbocycles. The van der Waals surface area contributed by atoms with E-state index < -0.39 is 0 Å². The van der Waals surface area contributed by atoms with Gasteiger partial charge in [0.15, 0.2) is 0 Å². The Morgan fingerprint density at radius 2 is 2.28 bits per heavy atom. The van der Waals surface area contributed by atoms with Crippen LogP contribution in [-0.4, -0.2) is 39.9 Å². The fourth-order valence-electron chi connectivity index (χ4n) is 2.10. The van der Waals surface area contributed by atoms with Crippen molar-refractivity contribution in [2.45, 2.75) is 39.3 Å². The summed E-state index contributed by atoms with van der Waals surface area (Å²) in [6, 6.07) is -0.0108.